The molecule has 0 unspecified atom stereocenters. The van der Waals surface area contributed by atoms with Crippen LogP contribution in [0.15, 0.2) is 22.4 Å². The Hall–Kier alpha value is -1.61. The van der Waals surface area contributed by atoms with Crippen LogP contribution < -0.4 is 5.73 Å². The number of rotatable bonds is 6. The molecule has 0 saturated carbocycles. The molecule has 0 aliphatic heterocycles. The molecular weight excluding hydrogens is 246 g/mol. The lowest BCUT2D eigenvalue weighted by Crippen LogP contribution is -2.39. The average molecular weight is 261 g/mol. The van der Waals surface area contributed by atoms with E-state index < -0.39 is 10.0 Å². The van der Waals surface area contributed by atoms with Crippen molar-refractivity contribution in [3.05, 3.63) is 12.3 Å². The van der Waals surface area contributed by atoms with Crippen molar-refractivity contribution in [2.45, 2.75) is 18.4 Å². The number of nitrogens with zero attached hydrogens (tertiary/aromatic N) is 3. The molecule has 17 heavy (non-hydrogen) atoms. The highest BCUT2D eigenvalue weighted by Gasteiger charge is 2.25. The summed E-state index contributed by atoms with van der Waals surface area (Å²) in [5.74, 6) is -0.165. The number of nitrogens with two attached hydrogens (primary N) is 1. The van der Waals surface area contributed by atoms with Crippen LogP contribution in [0.5, 0.6) is 0 Å². The van der Waals surface area contributed by atoms with Crippen molar-refractivity contribution >= 4 is 15.9 Å². The van der Waals surface area contributed by atoms with Gasteiger partial charge >= 0.3 is 0 Å². The largest absolute Gasteiger partial charge is 0.409 e. The van der Waals surface area contributed by atoms with E-state index in [1.807, 2.05) is 6.92 Å². The Morgan fingerprint density at radius 2 is 2.41 bits per heavy atom. The number of sulfonamides is 1. The Labute approximate surface area is 99.2 Å². The Bertz CT molecular complexity index is 467. The smallest absolute Gasteiger partial charge is 0.260 e. The molecule has 0 amide bonds. The number of oxime groups is 1. The van der Waals surface area contributed by atoms with Crippen molar-refractivity contribution in [3.63, 3.8) is 0 Å². The van der Waals surface area contributed by atoms with Gasteiger partial charge in [0.25, 0.3) is 10.0 Å². The number of hydrogen-bond donors (Lipinski definition) is 3. The van der Waals surface area contributed by atoms with E-state index in [1.165, 1.54) is 12.3 Å². The predicted molar refractivity (Wildman–Crippen MR) is 61.0 cm³/mol. The molecule has 0 aliphatic carbocycles. The van der Waals surface area contributed by atoms with Crippen LogP contribution in [0.1, 0.15) is 13.3 Å². The van der Waals surface area contributed by atoms with E-state index in [-0.39, 0.29) is 24.0 Å². The Morgan fingerprint density at radius 1 is 1.71 bits per heavy atom. The zero-order valence-electron chi connectivity index (χ0n) is 9.37. The molecule has 0 fully saturated rings. The van der Waals surface area contributed by atoms with E-state index in [9.17, 15) is 8.42 Å². The lowest BCUT2D eigenvalue weighted by Gasteiger charge is -2.19. The third-order valence-electron chi connectivity index (χ3n) is 2.03. The molecule has 1 aromatic rings. The molecule has 0 aliphatic rings. The number of aromatic nitrogens is 2. The second-order valence-electron chi connectivity index (χ2n) is 3.35. The van der Waals surface area contributed by atoms with Gasteiger partial charge in [-0.1, -0.05) is 12.1 Å². The van der Waals surface area contributed by atoms with Crippen molar-refractivity contribution < 1.29 is 13.6 Å². The molecule has 1 aromatic heterocycles. The summed E-state index contributed by atoms with van der Waals surface area (Å²) < 4.78 is 25.3. The molecule has 9 heteroatoms. The minimum absolute atomic E-state index is 0.0170. The van der Waals surface area contributed by atoms with Crippen LogP contribution in [0.4, 0.5) is 0 Å². The van der Waals surface area contributed by atoms with Crippen LogP contribution in [-0.4, -0.2) is 47.1 Å². The summed E-state index contributed by atoms with van der Waals surface area (Å²) in [5.41, 5.74) is 5.32. The molecule has 0 radical (unpaired) electrons. The first-order chi connectivity index (χ1) is 8.02. The summed E-state index contributed by atoms with van der Waals surface area (Å²) in [7, 11) is -3.68. The van der Waals surface area contributed by atoms with Gasteiger partial charge in [-0.05, 0) is 12.5 Å². The van der Waals surface area contributed by atoms with Gasteiger partial charge in [0.1, 0.15) is 0 Å². The summed E-state index contributed by atoms with van der Waals surface area (Å²) in [6.07, 6.45) is 1.96. The highest BCUT2D eigenvalue weighted by Crippen LogP contribution is 2.12. The third-order valence-corrected chi connectivity index (χ3v) is 3.81. The second kappa shape index (κ2) is 5.64. The first-order valence-electron chi connectivity index (χ1n) is 4.98. The Balaban J connectivity index is 2.98. The lowest BCUT2D eigenvalue weighted by molar-refractivity contribution is 0.314. The van der Waals surface area contributed by atoms with Gasteiger partial charge in [-0.2, -0.15) is 9.40 Å². The normalized spacial score (nSPS) is 13.2. The molecule has 1 heterocycles. The van der Waals surface area contributed by atoms with Gasteiger partial charge in [0.15, 0.2) is 10.9 Å². The first-order valence-corrected chi connectivity index (χ1v) is 6.42. The van der Waals surface area contributed by atoms with Crippen LogP contribution >= 0.6 is 0 Å². The van der Waals surface area contributed by atoms with Crippen molar-refractivity contribution in [2.75, 3.05) is 13.1 Å². The SMILES string of the molecule is CCCN(CC(N)=NO)S(=O)(=O)c1ccn[nH]1. The Morgan fingerprint density at radius 3 is 2.88 bits per heavy atom. The standard InChI is InChI=1S/C8H15N5O3S/c1-2-5-13(6-7(9)12-14)17(15,16)8-3-4-10-11-8/h3-4,14H,2,5-6H2,1H3,(H2,9,12)(H,10,11). The van der Waals surface area contributed by atoms with Gasteiger partial charge in [0.05, 0.1) is 12.7 Å². The third kappa shape index (κ3) is 3.17. The zero-order valence-corrected chi connectivity index (χ0v) is 10.2. The quantitative estimate of drug-likeness (QED) is 0.277. The van der Waals surface area contributed by atoms with Crippen LogP contribution in [0, 0.1) is 0 Å². The van der Waals surface area contributed by atoms with E-state index in [1.54, 1.807) is 0 Å². The highest BCUT2D eigenvalue weighted by atomic mass is 32.2. The number of amidine groups is 1. The van der Waals surface area contributed by atoms with Crippen LogP contribution in [-0.2, 0) is 10.0 Å². The summed E-state index contributed by atoms with van der Waals surface area (Å²) in [6, 6.07) is 1.35. The molecule has 0 bridgehead atoms. The van der Waals surface area contributed by atoms with Crippen LogP contribution in [0.2, 0.25) is 0 Å². The predicted octanol–water partition coefficient (Wildman–Crippen LogP) is -0.443. The number of aromatic amines is 1. The van der Waals surface area contributed by atoms with Gasteiger partial charge in [0, 0.05) is 6.54 Å². The number of hydrogen-bond acceptors (Lipinski definition) is 5. The molecule has 96 valence electrons. The number of H-pyrrole nitrogens is 1. The van der Waals surface area contributed by atoms with Crippen LogP contribution in [0.3, 0.4) is 0 Å². The molecule has 0 aromatic carbocycles. The highest BCUT2D eigenvalue weighted by molar-refractivity contribution is 7.89. The molecule has 0 atom stereocenters. The summed E-state index contributed by atoms with van der Waals surface area (Å²) in [6.45, 7) is 1.95. The van der Waals surface area contributed by atoms with E-state index in [2.05, 4.69) is 15.4 Å². The minimum Gasteiger partial charge on any atom is -0.409 e. The summed E-state index contributed by atoms with van der Waals surface area (Å²) >= 11 is 0. The van der Waals surface area contributed by atoms with Crippen LogP contribution in [0.25, 0.3) is 0 Å². The van der Waals surface area contributed by atoms with Gasteiger partial charge in [-0.3, -0.25) is 5.10 Å². The maximum absolute atomic E-state index is 12.1. The molecular formula is C8H15N5O3S. The van der Waals surface area contributed by atoms with Crippen molar-refractivity contribution in [2.24, 2.45) is 10.9 Å². The Kier molecular flexibility index (Phi) is 4.46. The molecule has 8 nitrogen and oxygen atoms in total. The van der Waals surface area contributed by atoms with E-state index in [0.29, 0.717) is 6.42 Å². The molecule has 1 rings (SSSR count). The van der Waals surface area contributed by atoms with Crippen molar-refractivity contribution in [3.8, 4) is 0 Å². The summed E-state index contributed by atoms with van der Waals surface area (Å²) in [5, 5.41) is 17.2. The lowest BCUT2D eigenvalue weighted by atomic mass is 10.4. The van der Waals surface area contributed by atoms with E-state index in [4.69, 9.17) is 10.9 Å². The van der Waals surface area contributed by atoms with Gasteiger partial charge < -0.3 is 10.9 Å². The van der Waals surface area contributed by atoms with Gasteiger partial charge in [-0.15, -0.1) is 0 Å². The van der Waals surface area contributed by atoms with Crippen molar-refractivity contribution in [1.29, 1.82) is 0 Å². The fourth-order valence-electron chi connectivity index (χ4n) is 1.27. The average Bonchev–Trinajstić information content (AvgIpc) is 2.82. The number of nitrogens with one attached hydrogen (secondary N) is 1. The second-order valence-corrected chi connectivity index (χ2v) is 5.26. The van der Waals surface area contributed by atoms with Gasteiger partial charge in [0.2, 0.25) is 0 Å². The molecule has 0 spiro atoms. The monoisotopic (exact) mass is 261 g/mol. The van der Waals surface area contributed by atoms with Crippen molar-refractivity contribution in [1.82, 2.24) is 14.5 Å². The minimum atomic E-state index is -3.68. The zero-order chi connectivity index (χ0) is 12.9. The van der Waals surface area contributed by atoms with Gasteiger partial charge in [-0.25, -0.2) is 8.42 Å². The molecule has 4 N–H and O–H groups in total. The fourth-order valence-corrected chi connectivity index (χ4v) is 2.68. The fraction of sp³-hybridized carbons (Fsp3) is 0.500. The summed E-state index contributed by atoms with van der Waals surface area (Å²) in [4.78, 5) is 0. The van der Waals surface area contributed by atoms with E-state index >= 15 is 0 Å². The maximum Gasteiger partial charge on any atom is 0.260 e. The topological polar surface area (TPSA) is 125 Å². The first kappa shape index (κ1) is 13.5. The van der Waals surface area contributed by atoms with E-state index in [0.717, 1.165) is 4.31 Å². The maximum atomic E-state index is 12.1. The molecule has 0 saturated heterocycles.